The van der Waals surface area contributed by atoms with Gasteiger partial charge in [0.1, 0.15) is 10.8 Å². The van der Waals surface area contributed by atoms with E-state index in [1.165, 1.54) is 0 Å². The number of aromatic nitrogens is 2. The van der Waals surface area contributed by atoms with Gasteiger partial charge in [0, 0.05) is 6.61 Å². The number of hydrogen-bond donors (Lipinski definition) is 1. The van der Waals surface area contributed by atoms with E-state index in [0.717, 1.165) is 25.1 Å². The minimum atomic E-state index is 0.245. The third-order valence-corrected chi connectivity index (χ3v) is 3.00. The Kier molecular flexibility index (Phi) is 2.65. The second-order valence-electron chi connectivity index (χ2n) is 3.60. The lowest BCUT2D eigenvalue weighted by molar-refractivity contribution is 0.0556. The quantitative estimate of drug-likeness (QED) is 0.777. The Hall–Kier alpha value is -0.740. The van der Waals surface area contributed by atoms with Crippen LogP contribution in [0.5, 0.6) is 0 Å². The topological polar surface area (TPSA) is 53.1 Å². The highest BCUT2D eigenvalue weighted by molar-refractivity contribution is 6.33. The third kappa shape index (κ3) is 1.60. The largest absolute Gasteiger partial charge is 0.383 e. The van der Waals surface area contributed by atoms with Crippen molar-refractivity contribution in [1.29, 1.82) is 0 Å². The molecule has 0 aromatic carbocycles. The Bertz CT molecular complexity index is 331. The fraction of sp³-hybridized carbons (Fsp3) is 0.667. The smallest absolute Gasteiger partial charge is 0.141 e. The lowest BCUT2D eigenvalue weighted by atomic mass is 10.1. The van der Waals surface area contributed by atoms with Crippen LogP contribution in [0.25, 0.3) is 0 Å². The molecule has 78 valence electrons. The van der Waals surface area contributed by atoms with Crippen molar-refractivity contribution >= 4 is 17.4 Å². The Balaban J connectivity index is 2.26. The van der Waals surface area contributed by atoms with Crippen LogP contribution < -0.4 is 5.73 Å². The van der Waals surface area contributed by atoms with Gasteiger partial charge in [-0.05, 0) is 19.8 Å². The van der Waals surface area contributed by atoms with Crippen molar-refractivity contribution in [2.24, 2.45) is 0 Å². The standard InChI is InChI=1S/C9H14ClN3O/c1-6-8(10)9(11)13(12-6)7-3-2-4-14-5-7/h7H,2-5,11H2,1H3. The van der Waals surface area contributed by atoms with Gasteiger partial charge in [-0.1, -0.05) is 11.6 Å². The summed E-state index contributed by atoms with van der Waals surface area (Å²) in [6.07, 6.45) is 2.11. The highest BCUT2D eigenvalue weighted by atomic mass is 35.5. The van der Waals surface area contributed by atoms with Crippen LogP contribution in [-0.4, -0.2) is 23.0 Å². The van der Waals surface area contributed by atoms with Crippen molar-refractivity contribution in [1.82, 2.24) is 9.78 Å². The zero-order chi connectivity index (χ0) is 10.1. The van der Waals surface area contributed by atoms with Crippen LogP contribution in [0, 0.1) is 6.92 Å². The van der Waals surface area contributed by atoms with E-state index in [0.29, 0.717) is 17.4 Å². The Morgan fingerprint density at radius 3 is 2.93 bits per heavy atom. The number of hydrogen-bond acceptors (Lipinski definition) is 3. The average molecular weight is 216 g/mol. The van der Waals surface area contributed by atoms with Crippen molar-refractivity contribution in [3.63, 3.8) is 0 Å². The van der Waals surface area contributed by atoms with Crippen LogP contribution in [0.15, 0.2) is 0 Å². The minimum Gasteiger partial charge on any atom is -0.383 e. The fourth-order valence-electron chi connectivity index (χ4n) is 1.74. The molecule has 0 radical (unpaired) electrons. The van der Waals surface area contributed by atoms with Crippen LogP contribution in [0.1, 0.15) is 24.6 Å². The monoisotopic (exact) mass is 215 g/mol. The van der Waals surface area contributed by atoms with Crippen molar-refractivity contribution in [3.05, 3.63) is 10.7 Å². The van der Waals surface area contributed by atoms with Gasteiger partial charge in [-0.3, -0.25) is 0 Å². The van der Waals surface area contributed by atoms with E-state index in [1.54, 1.807) is 4.68 Å². The van der Waals surface area contributed by atoms with Crippen LogP contribution in [0.3, 0.4) is 0 Å². The summed E-state index contributed by atoms with van der Waals surface area (Å²) in [5.41, 5.74) is 6.63. The summed E-state index contributed by atoms with van der Waals surface area (Å²) in [6.45, 7) is 3.38. The number of aryl methyl sites for hydroxylation is 1. The number of nitrogens with zero attached hydrogens (tertiary/aromatic N) is 2. The molecule has 1 saturated heterocycles. The maximum atomic E-state index is 5.97. The molecule has 14 heavy (non-hydrogen) atoms. The molecular formula is C9H14ClN3O. The molecule has 1 fully saturated rings. The van der Waals surface area contributed by atoms with Gasteiger partial charge in [0.2, 0.25) is 0 Å². The molecule has 4 nitrogen and oxygen atoms in total. The first kappa shape index (κ1) is 9.80. The van der Waals surface area contributed by atoms with Gasteiger partial charge in [-0.25, -0.2) is 4.68 Å². The molecule has 1 aromatic rings. The van der Waals surface area contributed by atoms with Crippen molar-refractivity contribution < 1.29 is 4.74 Å². The van der Waals surface area contributed by atoms with Gasteiger partial charge in [0.05, 0.1) is 18.3 Å². The predicted octanol–water partition coefficient (Wildman–Crippen LogP) is 1.78. The number of nitrogen functional groups attached to an aromatic ring is 1. The van der Waals surface area contributed by atoms with E-state index < -0.39 is 0 Å². The second-order valence-corrected chi connectivity index (χ2v) is 3.98. The zero-order valence-corrected chi connectivity index (χ0v) is 8.92. The molecule has 2 heterocycles. The molecule has 1 aliphatic rings. The second kappa shape index (κ2) is 3.79. The van der Waals surface area contributed by atoms with Gasteiger partial charge in [-0.2, -0.15) is 5.10 Å². The Labute approximate surface area is 88.0 Å². The first-order chi connectivity index (χ1) is 6.70. The average Bonchev–Trinajstić information content (AvgIpc) is 2.47. The summed E-state index contributed by atoms with van der Waals surface area (Å²) < 4.78 is 7.17. The van der Waals surface area contributed by atoms with E-state index in [-0.39, 0.29) is 6.04 Å². The number of nitrogens with two attached hydrogens (primary N) is 1. The van der Waals surface area contributed by atoms with Gasteiger partial charge in [0.15, 0.2) is 0 Å². The first-order valence-corrected chi connectivity index (χ1v) is 5.15. The number of anilines is 1. The maximum Gasteiger partial charge on any atom is 0.141 e. The van der Waals surface area contributed by atoms with Crippen molar-refractivity contribution in [3.8, 4) is 0 Å². The highest BCUT2D eigenvalue weighted by Gasteiger charge is 2.21. The van der Waals surface area contributed by atoms with Gasteiger partial charge >= 0.3 is 0 Å². The molecule has 2 N–H and O–H groups in total. The summed E-state index contributed by atoms with van der Waals surface area (Å²) in [4.78, 5) is 0. The molecule has 0 aliphatic carbocycles. The summed E-state index contributed by atoms with van der Waals surface area (Å²) >= 11 is 5.97. The molecule has 0 bridgehead atoms. The number of rotatable bonds is 1. The molecular weight excluding hydrogens is 202 g/mol. The van der Waals surface area contributed by atoms with E-state index in [9.17, 15) is 0 Å². The van der Waals surface area contributed by atoms with Crippen LogP contribution in [0.4, 0.5) is 5.82 Å². The minimum absolute atomic E-state index is 0.245. The van der Waals surface area contributed by atoms with E-state index in [1.807, 2.05) is 6.92 Å². The zero-order valence-electron chi connectivity index (χ0n) is 8.16. The lowest BCUT2D eigenvalue weighted by Gasteiger charge is -2.23. The van der Waals surface area contributed by atoms with Crippen molar-refractivity contribution in [2.75, 3.05) is 18.9 Å². The van der Waals surface area contributed by atoms with Crippen molar-refractivity contribution in [2.45, 2.75) is 25.8 Å². The summed E-state index contributed by atoms with van der Waals surface area (Å²) in [6, 6.07) is 0.245. The van der Waals surface area contributed by atoms with E-state index in [2.05, 4.69) is 5.10 Å². The predicted molar refractivity (Wildman–Crippen MR) is 55.5 cm³/mol. The third-order valence-electron chi connectivity index (χ3n) is 2.53. The molecule has 2 rings (SSSR count). The van der Waals surface area contributed by atoms with Gasteiger partial charge in [-0.15, -0.1) is 0 Å². The summed E-state index contributed by atoms with van der Waals surface area (Å²) in [7, 11) is 0. The maximum absolute atomic E-state index is 5.97. The summed E-state index contributed by atoms with van der Waals surface area (Å²) in [5, 5.41) is 4.88. The van der Waals surface area contributed by atoms with Crippen LogP contribution in [-0.2, 0) is 4.74 Å². The van der Waals surface area contributed by atoms with E-state index >= 15 is 0 Å². The fourth-order valence-corrected chi connectivity index (χ4v) is 1.86. The highest BCUT2D eigenvalue weighted by Crippen LogP contribution is 2.28. The molecule has 0 spiro atoms. The van der Waals surface area contributed by atoms with Gasteiger partial charge < -0.3 is 10.5 Å². The number of ether oxygens (including phenoxy) is 1. The molecule has 1 aliphatic heterocycles. The molecule has 1 aromatic heterocycles. The molecule has 1 unspecified atom stereocenters. The van der Waals surface area contributed by atoms with Crippen LogP contribution >= 0.6 is 11.6 Å². The molecule has 0 saturated carbocycles. The first-order valence-electron chi connectivity index (χ1n) is 4.78. The normalized spacial score (nSPS) is 22.6. The molecule has 1 atom stereocenters. The lowest BCUT2D eigenvalue weighted by Crippen LogP contribution is -2.23. The Morgan fingerprint density at radius 1 is 1.64 bits per heavy atom. The van der Waals surface area contributed by atoms with Gasteiger partial charge in [0.25, 0.3) is 0 Å². The Morgan fingerprint density at radius 2 is 2.43 bits per heavy atom. The van der Waals surface area contributed by atoms with E-state index in [4.69, 9.17) is 22.1 Å². The SMILES string of the molecule is Cc1nn(C2CCCOC2)c(N)c1Cl. The number of halogens is 1. The van der Waals surface area contributed by atoms with Crippen LogP contribution in [0.2, 0.25) is 5.02 Å². The molecule has 0 amide bonds. The summed E-state index contributed by atoms with van der Waals surface area (Å²) in [5.74, 6) is 0.555. The molecule has 5 heteroatoms.